The summed E-state index contributed by atoms with van der Waals surface area (Å²) in [5, 5.41) is 13.8. The molecular formula is C14H12BrFN2O2. The molecule has 0 aliphatic heterocycles. The second kappa shape index (κ2) is 6.58. The van der Waals surface area contributed by atoms with Crippen molar-refractivity contribution in [3.63, 3.8) is 0 Å². The minimum atomic E-state index is -0.423. The average Bonchev–Trinajstić information content (AvgIpc) is 2.38. The topological polar surface area (TPSA) is 55.2 Å². The fraction of sp³-hybridized carbons (Fsp3) is 0.143. The summed E-state index contributed by atoms with van der Waals surface area (Å²) in [5.74, 6) is -0.300. The number of benzene rings is 2. The number of hydrogen-bond donors (Lipinski definition) is 1. The molecule has 20 heavy (non-hydrogen) atoms. The Morgan fingerprint density at radius 1 is 1.15 bits per heavy atom. The van der Waals surface area contributed by atoms with Crippen molar-refractivity contribution >= 4 is 21.6 Å². The zero-order valence-corrected chi connectivity index (χ0v) is 12.1. The van der Waals surface area contributed by atoms with Crippen molar-refractivity contribution in [3.8, 4) is 0 Å². The number of nitro groups is 1. The van der Waals surface area contributed by atoms with Crippen molar-refractivity contribution in [2.75, 3.05) is 0 Å². The molecular weight excluding hydrogens is 327 g/mol. The van der Waals surface area contributed by atoms with E-state index in [9.17, 15) is 14.5 Å². The minimum absolute atomic E-state index is 0.0674. The minimum Gasteiger partial charge on any atom is -0.309 e. The van der Waals surface area contributed by atoms with E-state index in [0.29, 0.717) is 17.6 Å². The van der Waals surface area contributed by atoms with Gasteiger partial charge in [-0.1, -0.05) is 28.1 Å². The molecule has 1 N–H and O–H groups in total. The summed E-state index contributed by atoms with van der Waals surface area (Å²) in [5.41, 5.74) is 1.69. The summed E-state index contributed by atoms with van der Waals surface area (Å²) >= 11 is 3.23. The number of nitrogens with zero attached hydrogens (tertiary/aromatic N) is 1. The summed E-state index contributed by atoms with van der Waals surface area (Å²) in [6, 6.07) is 11.1. The van der Waals surface area contributed by atoms with E-state index >= 15 is 0 Å². The molecule has 0 bridgehead atoms. The highest BCUT2D eigenvalue weighted by molar-refractivity contribution is 9.10. The Bertz CT molecular complexity index is 614. The van der Waals surface area contributed by atoms with Crippen molar-refractivity contribution in [2.24, 2.45) is 0 Å². The summed E-state index contributed by atoms with van der Waals surface area (Å²) < 4.78 is 13.9. The largest absolute Gasteiger partial charge is 0.309 e. The van der Waals surface area contributed by atoms with Crippen molar-refractivity contribution < 1.29 is 9.31 Å². The van der Waals surface area contributed by atoms with Crippen LogP contribution in [-0.2, 0) is 13.1 Å². The van der Waals surface area contributed by atoms with Crippen LogP contribution in [0.1, 0.15) is 11.1 Å². The number of nitrogens with one attached hydrogen (secondary N) is 1. The maximum absolute atomic E-state index is 13.2. The third-order valence-corrected chi connectivity index (χ3v) is 3.16. The number of rotatable bonds is 5. The second-order valence-electron chi connectivity index (χ2n) is 4.31. The van der Waals surface area contributed by atoms with Gasteiger partial charge in [-0.15, -0.1) is 0 Å². The van der Waals surface area contributed by atoms with Gasteiger partial charge in [-0.05, 0) is 29.3 Å². The smallest absolute Gasteiger partial charge is 0.269 e. The van der Waals surface area contributed by atoms with Crippen LogP contribution < -0.4 is 5.32 Å². The van der Waals surface area contributed by atoms with Gasteiger partial charge in [0.2, 0.25) is 0 Å². The third kappa shape index (κ3) is 4.11. The van der Waals surface area contributed by atoms with Crippen LogP contribution in [0.4, 0.5) is 10.1 Å². The lowest BCUT2D eigenvalue weighted by Crippen LogP contribution is -2.13. The normalized spacial score (nSPS) is 10.5. The van der Waals surface area contributed by atoms with E-state index in [4.69, 9.17) is 0 Å². The van der Waals surface area contributed by atoms with Crippen LogP contribution in [0, 0.1) is 15.9 Å². The lowest BCUT2D eigenvalue weighted by Gasteiger charge is -2.06. The van der Waals surface area contributed by atoms with Crippen molar-refractivity contribution in [1.29, 1.82) is 0 Å². The fourth-order valence-corrected chi connectivity index (χ4v) is 2.36. The van der Waals surface area contributed by atoms with Gasteiger partial charge in [0.25, 0.3) is 5.69 Å². The van der Waals surface area contributed by atoms with Gasteiger partial charge in [0.05, 0.1) is 4.92 Å². The van der Waals surface area contributed by atoms with Crippen LogP contribution >= 0.6 is 15.9 Å². The van der Waals surface area contributed by atoms with Gasteiger partial charge in [-0.2, -0.15) is 0 Å². The molecule has 0 amide bonds. The Labute approximate surface area is 123 Å². The predicted octanol–water partition coefficient (Wildman–Crippen LogP) is 3.79. The molecule has 0 aliphatic rings. The summed E-state index contributed by atoms with van der Waals surface area (Å²) in [7, 11) is 0. The quantitative estimate of drug-likeness (QED) is 0.666. The molecule has 0 aliphatic carbocycles. The zero-order valence-electron chi connectivity index (χ0n) is 10.5. The number of nitro benzene ring substituents is 1. The molecule has 2 aromatic carbocycles. The summed E-state index contributed by atoms with van der Waals surface area (Å²) in [6.07, 6.45) is 0. The third-order valence-electron chi connectivity index (χ3n) is 2.70. The fourth-order valence-electron chi connectivity index (χ4n) is 1.84. The van der Waals surface area contributed by atoms with Gasteiger partial charge in [0.1, 0.15) is 5.82 Å². The van der Waals surface area contributed by atoms with Gasteiger partial charge in [0.15, 0.2) is 0 Å². The maximum Gasteiger partial charge on any atom is 0.269 e. The van der Waals surface area contributed by atoms with Crippen LogP contribution in [0.15, 0.2) is 46.9 Å². The Morgan fingerprint density at radius 2 is 1.90 bits per heavy atom. The molecule has 0 heterocycles. The van der Waals surface area contributed by atoms with Crippen LogP contribution in [0.2, 0.25) is 0 Å². The molecule has 0 saturated carbocycles. The SMILES string of the molecule is O=[N+]([O-])c1cccc(CNCc2cc(F)cc(Br)c2)c1. The van der Waals surface area contributed by atoms with E-state index in [1.54, 1.807) is 6.07 Å². The molecule has 6 heteroatoms. The van der Waals surface area contributed by atoms with E-state index in [0.717, 1.165) is 11.1 Å². The van der Waals surface area contributed by atoms with Crippen molar-refractivity contribution in [3.05, 3.63) is 74.0 Å². The Morgan fingerprint density at radius 3 is 2.60 bits per heavy atom. The molecule has 2 aromatic rings. The lowest BCUT2D eigenvalue weighted by molar-refractivity contribution is -0.384. The monoisotopic (exact) mass is 338 g/mol. The van der Waals surface area contributed by atoms with Gasteiger partial charge in [0, 0.05) is 29.7 Å². The molecule has 0 saturated heterocycles. The highest BCUT2D eigenvalue weighted by Crippen LogP contribution is 2.15. The van der Waals surface area contributed by atoms with E-state index in [1.165, 1.54) is 24.3 Å². The highest BCUT2D eigenvalue weighted by Gasteiger charge is 2.05. The van der Waals surface area contributed by atoms with Crippen LogP contribution in [0.3, 0.4) is 0 Å². The van der Waals surface area contributed by atoms with Gasteiger partial charge >= 0.3 is 0 Å². The number of hydrogen-bond acceptors (Lipinski definition) is 3. The molecule has 0 radical (unpaired) electrons. The molecule has 0 atom stereocenters. The average molecular weight is 339 g/mol. The molecule has 104 valence electrons. The van der Waals surface area contributed by atoms with Crippen LogP contribution in [0.5, 0.6) is 0 Å². The van der Waals surface area contributed by atoms with Crippen molar-refractivity contribution in [1.82, 2.24) is 5.32 Å². The highest BCUT2D eigenvalue weighted by atomic mass is 79.9. The van der Waals surface area contributed by atoms with E-state index < -0.39 is 4.92 Å². The van der Waals surface area contributed by atoms with Crippen molar-refractivity contribution in [2.45, 2.75) is 13.1 Å². The Kier molecular flexibility index (Phi) is 4.81. The first-order valence-corrected chi connectivity index (χ1v) is 6.73. The maximum atomic E-state index is 13.2. The lowest BCUT2D eigenvalue weighted by atomic mass is 10.2. The predicted molar refractivity (Wildman–Crippen MR) is 77.7 cm³/mol. The Hall–Kier alpha value is -1.79. The zero-order chi connectivity index (χ0) is 14.5. The Balaban J connectivity index is 1.95. The van der Waals surface area contributed by atoms with E-state index in [-0.39, 0.29) is 11.5 Å². The number of non-ortho nitro benzene ring substituents is 1. The second-order valence-corrected chi connectivity index (χ2v) is 5.22. The van der Waals surface area contributed by atoms with Crippen LogP contribution in [0.25, 0.3) is 0 Å². The van der Waals surface area contributed by atoms with Crippen LogP contribution in [-0.4, -0.2) is 4.92 Å². The number of halogens is 2. The first-order chi connectivity index (χ1) is 9.54. The molecule has 4 nitrogen and oxygen atoms in total. The molecule has 2 rings (SSSR count). The van der Waals surface area contributed by atoms with E-state index in [2.05, 4.69) is 21.2 Å². The molecule has 0 unspecified atom stereocenters. The molecule has 0 spiro atoms. The van der Waals surface area contributed by atoms with Gasteiger partial charge in [-0.25, -0.2) is 4.39 Å². The standard InChI is InChI=1S/C14H12BrFN2O2/c15-12-4-11(5-13(16)7-12)9-17-8-10-2-1-3-14(6-10)18(19)20/h1-7,17H,8-9H2. The summed E-state index contributed by atoms with van der Waals surface area (Å²) in [4.78, 5) is 10.2. The molecule has 0 aromatic heterocycles. The first kappa shape index (κ1) is 14.6. The molecule has 0 fully saturated rings. The van der Waals surface area contributed by atoms with Gasteiger partial charge in [-0.3, -0.25) is 10.1 Å². The summed E-state index contributed by atoms with van der Waals surface area (Å²) in [6.45, 7) is 0.967. The van der Waals surface area contributed by atoms with Gasteiger partial charge < -0.3 is 5.32 Å². The first-order valence-electron chi connectivity index (χ1n) is 5.93. The van der Waals surface area contributed by atoms with E-state index in [1.807, 2.05) is 12.1 Å².